The number of nitrogens with two attached hydrogens (primary N) is 1. The summed E-state index contributed by atoms with van der Waals surface area (Å²) in [5.41, 5.74) is 9.25. The Bertz CT molecular complexity index is 600. The first-order chi connectivity index (χ1) is 10.7. The number of hydrogen-bond acceptors (Lipinski definition) is 4. The van der Waals surface area contributed by atoms with Crippen LogP contribution in [0.4, 0.5) is 0 Å². The van der Waals surface area contributed by atoms with E-state index in [9.17, 15) is 10.2 Å². The van der Waals surface area contributed by atoms with Crippen LogP contribution >= 0.6 is 0 Å². The first-order valence-corrected chi connectivity index (χ1v) is 7.63. The van der Waals surface area contributed by atoms with E-state index in [2.05, 4.69) is 36.4 Å². The van der Waals surface area contributed by atoms with Crippen molar-refractivity contribution in [2.45, 2.75) is 24.8 Å². The summed E-state index contributed by atoms with van der Waals surface area (Å²) in [5.74, 6) is 0. The van der Waals surface area contributed by atoms with Gasteiger partial charge in [0.2, 0.25) is 0 Å². The number of hydrogen-bond donors (Lipinski definition) is 3. The number of rotatable bonds is 4. The zero-order chi connectivity index (χ0) is 15.5. The Kier molecular flexibility index (Phi) is 4.55. The van der Waals surface area contributed by atoms with Crippen LogP contribution in [0.15, 0.2) is 54.6 Å². The van der Waals surface area contributed by atoms with Gasteiger partial charge in [0.1, 0.15) is 0 Å². The smallest absolute Gasteiger partial charge is 0.0978 e. The number of benzene rings is 2. The Balaban J connectivity index is 1.71. The molecule has 3 rings (SSSR count). The van der Waals surface area contributed by atoms with Gasteiger partial charge in [-0.1, -0.05) is 54.6 Å². The molecule has 0 aliphatic carbocycles. The van der Waals surface area contributed by atoms with Gasteiger partial charge in [0.25, 0.3) is 0 Å². The van der Waals surface area contributed by atoms with E-state index >= 15 is 0 Å². The third-order valence-corrected chi connectivity index (χ3v) is 4.37. The van der Waals surface area contributed by atoms with Crippen molar-refractivity contribution in [3.63, 3.8) is 0 Å². The molecule has 116 valence electrons. The molecule has 1 aliphatic rings. The van der Waals surface area contributed by atoms with E-state index in [1.807, 2.05) is 23.1 Å². The van der Waals surface area contributed by atoms with Crippen molar-refractivity contribution < 1.29 is 10.2 Å². The normalized spacial score (nSPS) is 25.5. The molecular formula is C18H22N2O2. The third kappa shape index (κ3) is 3.05. The summed E-state index contributed by atoms with van der Waals surface area (Å²) < 4.78 is 0. The van der Waals surface area contributed by atoms with Crippen molar-refractivity contribution in [2.24, 2.45) is 5.73 Å². The average molecular weight is 298 g/mol. The lowest BCUT2D eigenvalue weighted by Gasteiger charge is -2.24. The van der Waals surface area contributed by atoms with Crippen molar-refractivity contribution in [1.82, 2.24) is 4.90 Å². The summed E-state index contributed by atoms with van der Waals surface area (Å²) in [4.78, 5) is 2.05. The van der Waals surface area contributed by atoms with E-state index in [1.165, 1.54) is 11.1 Å². The maximum atomic E-state index is 9.93. The SMILES string of the molecule is NC[C@H]1[C@@H](O)[C@@H](O)CN1Cc1ccc(-c2ccccc2)cc1. The van der Waals surface area contributed by atoms with Crippen molar-refractivity contribution in [3.05, 3.63) is 60.2 Å². The molecule has 0 unspecified atom stereocenters. The molecule has 2 aromatic carbocycles. The fourth-order valence-electron chi connectivity index (χ4n) is 3.09. The van der Waals surface area contributed by atoms with E-state index in [1.54, 1.807) is 0 Å². The second kappa shape index (κ2) is 6.58. The van der Waals surface area contributed by atoms with Crippen LogP contribution in [0.25, 0.3) is 11.1 Å². The molecule has 22 heavy (non-hydrogen) atoms. The van der Waals surface area contributed by atoms with Gasteiger partial charge in [0.15, 0.2) is 0 Å². The number of likely N-dealkylation sites (tertiary alicyclic amines) is 1. The zero-order valence-corrected chi connectivity index (χ0v) is 12.5. The Morgan fingerprint density at radius 3 is 2.23 bits per heavy atom. The molecule has 0 amide bonds. The van der Waals surface area contributed by atoms with Crippen LogP contribution in [0, 0.1) is 0 Å². The third-order valence-electron chi connectivity index (χ3n) is 4.37. The van der Waals surface area contributed by atoms with Crippen LogP contribution in [0.2, 0.25) is 0 Å². The minimum absolute atomic E-state index is 0.177. The maximum Gasteiger partial charge on any atom is 0.0978 e. The molecule has 0 aromatic heterocycles. The first-order valence-electron chi connectivity index (χ1n) is 7.63. The number of aliphatic hydroxyl groups is 2. The van der Waals surface area contributed by atoms with E-state index in [0.29, 0.717) is 19.6 Å². The number of nitrogens with zero attached hydrogens (tertiary/aromatic N) is 1. The molecule has 4 heteroatoms. The summed E-state index contributed by atoms with van der Waals surface area (Å²) in [6.45, 7) is 1.49. The van der Waals surface area contributed by atoms with Gasteiger partial charge in [-0.2, -0.15) is 0 Å². The van der Waals surface area contributed by atoms with Gasteiger partial charge in [-0.05, 0) is 16.7 Å². The van der Waals surface area contributed by atoms with Crippen molar-refractivity contribution >= 4 is 0 Å². The summed E-state index contributed by atoms with van der Waals surface area (Å²) >= 11 is 0. The predicted octanol–water partition coefficient (Wildman–Crippen LogP) is 1.22. The fraction of sp³-hybridized carbons (Fsp3) is 0.333. The molecule has 1 saturated heterocycles. The van der Waals surface area contributed by atoms with Crippen LogP contribution in [-0.4, -0.2) is 46.5 Å². The van der Waals surface area contributed by atoms with Crippen LogP contribution in [0.3, 0.4) is 0 Å². The van der Waals surface area contributed by atoms with Crippen LogP contribution in [-0.2, 0) is 6.54 Å². The highest BCUT2D eigenvalue weighted by atomic mass is 16.3. The van der Waals surface area contributed by atoms with E-state index in [4.69, 9.17) is 5.73 Å². The molecule has 0 bridgehead atoms. The Hall–Kier alpha value is -1.72. The zero-order valence-electron chi connectivity index (χ0n) is 12.5. The van der Waals surface area contributed by atoms with Crippen molar-refractivity contribution in [3.8, 4) is 11.1 Å². The number of aliphatic hydroxyl groups excluding tert-OH is 2. The Morgan fingerprint density at radius 2 is 1.59 bits per heavy atom. The lowest BCUT2D eigenvalue weighted by atomic mass is 10.0. The maximum absolute atomic E-state index is 9.93. The highest BCUT2D eigenvalue weighted by molar-refractivity contribution is 5.63. The van der Waals surface area contributed by atoms with Gasteiger partial charge in [0, 0.05) is 19.6 Å². The minimum Gasteiger partial charge on any atom is -0.389 e. The molecule has 1 heterocycles. The van der Waals surface area contributed by atoms with Gasteiger partial charge in [-0.25, -0.2) is 0 Å². The van der Waals surface area contributed by atoms with Crippen LogP contribution in [0.5, 0.6) is 0 Å². The van der Waals surface area contributed by atoms with Crippen LogP contribution < -0.4 is 5.73 Å². The second-order valence-corrected chi connectivity index (χ2v) is 5.85. The van der Waals surface area contributed by atoms with E-state index in [-0.39, 0.29) is 6.04 Å². The fourth-order valence-corrected chi connectivity index (χ4v) is 3.09. The highest BCUT2D eigenvalue weighted by Crippen LogP contribution is 2.23. The lowest BCUT2D eigenvalue weighted by Crippen LogP contribution is -2.41. The monoisotopic (exact) mass is 298 g/mol. The molecule has 3 atom stereocenters. The molecule has 0 spiro atoms. The Morgan fingerprint density at radius 1 is 0.955 bits per heavy atom. The van der Waals surface area contributed by atoms with E-state index in [0.717, 1.165) is 5.56 Å². The van der Waals surface area contributed by atoms with Crippen molar-refractivity contribution in [2.75, 3.05) is 13.1 Å². The molecule has 0 radical (unpaired) electrons. The summed E-state index contributed by atoms with van der Waals surface area (Å²) in [5, 5.41) is 19.7. The lowest BCUT2D eigenvalue weighted by molar-refractivity contribution is 0.0392. The molecule has 2 aromatic rings. The van der Waals surface area contributed by atoms with Gasteiger partial charge < -0.3 is 15.9 Å². The number of β-amino-alcohol motifs (C(OH)–C–C–N with tert-alkyl or cyclic N) is 1. The van der Waals surface area contributed by atoms with Crippen molar-refractivity contribution in [1.29, 1.82) is 0 Å². The molecule has 1 aliphatic heterocycles. The molecule has 0 saturated carbocycles. The second-order valence-electron chi connectivity index (χ2n) is 5.85. The first kappa shape index (κ1) is 15.2. The molecule has 4 nitrogen and oxygen atoms in total. The van der Waals surface area contributed by atoms with Gasteiger partial charge in [-0.15, -0.1) is 0 Å². The van der Waals surface area contributed by atoms with Gasteiger partial charge in [0.05, 0.1) is 18.2 Å². The molecule has 4 N–H and O–H groups in total. The summed E-state index contributed by atoms with van der Waals surface area (Å²) in [7, 11) is 0. The Labute approximate surface area is 130 Å². The molecular weight excluding hydrogens is 276 g/mol. The summed E-state index contributed by atoms with van der Waals surface area (Å²) in [6, 6.07) is 18.5. The van der Waals surface area contributed by atoms with E-state index < -0.39 is 12.2 Å². The summed E-state index contributed by atoms with van der Waals surface area (Å²) in [6.07, 6.45) is -1.47. The standard InChI is InChI=1S/C18H22N2O2/c19-10-16-18(22)17(21)12-20(16)11-13-6-8-15(9-7-13)14-4-2-1-3-5-14/h1-9,16-18,21-22H,10-12,19H2/t16-,17-,18+/m0/s1. The minimum atomic E-state index is -0.756. The quantitative estimate of drug-likeness (QED) is 0.794. The topological polar surface area (TPSA) is 69.7 Å². The van der Waals surface area contributed by atoms with Crippen LogP contribution in [0.1, 0.15) is 5.56 Å². The highest BCUT2D eigenvalue weighted by Gasteiger charge is 2.38. The molecule has 1 fully saturated rings. The predicted molar refractivity (Wildman–Crippen MR) is 87.1 cm³/mol. The average Bonchev–Trinajstić information content (AvgIpc) is 2.82. The van der Waals surface area contributed by atoms with Gasteiger partial charge in [-0.3, -0.25) is 4.90 Å². The van der Waals surface area contributed by atoms with Gasteiger partial charge >= 0.3 is 0 Å². The largest absolute Gasteiger partial charge is 0.389 e.